The lowest BCUT2D eigenvalue weighted by Gasteiger charge is -2.09. The SMILES string of the molecule is [B]c1ccc2c(CC)c(CC)c(=O)[nH]c2c1. The molecule has 0 spiro atoms. The molecule has 1 heterocycles. The number of nitrogens with one attached hydrogen (secondary N) is 1. The third-order valence-electron chi connectivity index (χ3n) is 2.96. The fourth-order valence-corrected chi connectivity index (χ4v) is 2.20. The molecule has 3 heteroatoms. The van der Waals surface area contributed by atoms with Gasteiger partial charge in [0.15, 0.2) is 0 Å². The Morgan fingerprint density at radius 3 is 2.50 bits per heavy atom. The highest BCUT2D eigenvalue weighted by molar-refractivity contribution is 6.33. The van der Waals surface area contributed by atoms with Crippen molar-refractivity contribution in [1.82, 2.24) is 4.98 Å². The zero-order valence-electron chi connectivity index (χ0n) is 9.63. The van der Waals surface area contributed by atoms with Crippen molar-refractivity contribution < 1.29 is 0 Å². The maximum Gasteiger partial charge on any atom is 0.251 e. The van der Waals surface area contributed by atoms with Crippen molar-refractivity contribution in [3.05, 3.63) is 39.7 Å². The van der Waals surface area contributed by atoms with Crippen molar-refractivity contribution in [2.75, 3.05) is 0 Å². The summed E-state index contributed by atoms with van der Waals surface area (Å²) >= 11 is 0. The molecule has 1 aromatic heterocycles. The van der Waals surface area contributed by atoms with Crippen molar-refractivity contribution >= 4 is 24.2 Å². The van der Waals surface area contributed by atoms with Gasteiger partial charge in [0.25, 0.3) is 5.56 Å². The van der Waals surface area contributed by atoms with Crippen LogP contribution < -0.4 is 11.0 Å². The fourth-order valence-electron chi connectivity index (χ4n) is 2.20. The fraction of sp³-hybridized carbons (Fsp3) is 0.308. The van der Waals surface area contributed by atoms with Gasteiger partial charge < -0.3 is 4.98 Å². The van der Waals surface area contributed by atoms with Gasteiger partial charge in [-0.2, -0.15) is 0 Å². The Morgan fingerprint density at radius 2 is 1.88 bits per heavy atom. The van der Waals surface area contributed by atoms with Crippen LogP contribution in [0.15, 0.2) is 23.0 Å². The lowest BCUT2D eigenvalue weighted by Crippen LogP contribution is -2.16. The summed E-state index contributed by atoms with van der Waals surface area (Å²) in [7, 11) is 5.71. The molecule has 2 radical (unpaired) electrons. The first-order chi connectivity index (χ1) is 7.67. The topological polar surface area (TPSA) is 32.9 Å². The van der Waals surface area contributed by atoms with Crippen LogP contribution >= 0.6 is 0 Å². The van der Waals surface area contributed by atoms with Crippen LogP contribution in [0.25, 0.3) is 10.9 Å². The summed E-state index contributed by atoms with van der Waals surface area (Å²) in [5, 5.41) is 1.10. The normalized spacial score (nSPS) is 10.9. The summed E-state index contributed by atoms with van der Waals surface area (Å²) in [6.45, 7) is 4.08. The zero-order chi connectivity index (χ0) is 11.7. The first kappa shape index (κ1) is 11.0. The molecule has 2 rings (SSSR count). The summed E-state index contributed by atoms with van der Waals surface area (Å²) in [6.07, 6.45) is 1.63. The zero-order valence-corrected chi connectivity index (χ0v) is 9.63. The third kappa shape index (κ3) is 1.66. The van der Waals surface area contributed by atoms with Gasteiger partial charge in [-0.3, -0.25) is 4.79 Å². The molecule has 0 atom stereocenters. The Kier molecular flexibility index (Phi) is 2.86. The number of hydrogen-bond donors (Lipinski definition) is 1. The molecule has 0 amide bonds. The molecule has 16 heavy (non-hydrogen) atoms. The van der Waals surface area contributed by atoms with Crippen LogP contribution in [-0.2, 0) is 12.8 Å². The second-order valence-corrected chi connectivity index (χ2v) is 3.92. The molecule has 0 unspecified atom stereocenters. The number of aromatic amines is 1. The van der Waals surface area contributed by atoms with Gasteiger partial charge in [0, 0.05) is 16.5 Å². The molecule has 0 aliphatic carbocycles. The minimum atomic E-state index is 0.0115. The molecule has 0 saturated carbocycles. The number of hydrogen-bond acceptors (Lipinski definition) is 1. The van der Waals surface area contributed by atoms with Crippen LogP contribution in [0.4, 0.5) is 0 Å². The Balaban J connectivity index is 2.90. The molecule has 0 aliphatic rings. The molecule has 0 bridgehead atoms. The third-order valence-corrected chi connectivity index (χ3v) is 2.96. The van der Waals surface area contributed by atoms with E-state index in [1.807, 2.05) is 25.1 Å². The predicted octanol–water partition coefficient (Wildman–Crippen LogP) is 1.45. The smallest absolute Gasteiger partial charge is 0.251 e. The average Bonchev–Trinajstić information content (AvgIpc) is 2.26. The van der Waals surface area contributed by atoms with Gasteiger partial charge in [0.05, 0.1) is 0 Å². The minimum absolute atomic E-state index is 0.0115. The van der Waals surface area contributed by atoms with Crippen molar-refractivity contribution in [1.29, 1.82) is 0 Å². The minimum Gasteiger partial charge on any atom is -0.322 e. The van der Waals surface area contributed by atoms with E-state index in [0.717, 1.165) is 34.9 Å². The number of aromatic nitrogens is 1. The van der Waals surface area contributed by atoms with Crippen molar-refractivity contribution in [3.8, 4) is 0 Å². The number of H-pyrrole nitrogens is 1. The van der Waals surface area contributed by atoms with Gasteiger partial charge in [-0.25, -0.2) is 0 Å². The van der Waals surface area contributed by atoms with E-state index in [-0.39, 0.29) is 5.56 Å². The Hall–Kier alpha value is -1.51. The van der Waals surface area contributed by atoms with Crippen LogP contribution in [0.2, 0.25) is 0 Å². The van der Waals surface area contributed by atoms with Gasteiger partial charge in [-0.05, 0) is 24.5 Å². The summed E-state index contributed by atoms with van der Waals surface area (Å²) in [4.78, 5) is 14.7. The van der Waals surface area contributed by atoms with E-state index in [9.17, 15) is 4.79 Å². The molecular formula is C13H14BNO. The van der Waals surface area contributed by atoms with Crippen molar-refractivity contribution in [3.63, 3.8) is 0 Å². The Labute approximate surface area is 96.1 Å². The summed E-state index contributed by atoms with van der Waals surface area (Å²) in [5.74, 6) is 0. The molecule has 0 saturated heterocycles. The maximum atomic E-state index is 11.9. The first-order valence-corrected chi connectivity index (χ1v) is 5.60. The summed E-state index contributed by atoms with van der Waals surface area (Å²) in [5.41, 5.74) is 3.55. The number of rotatable bonds is 2. The molecule has 80 valence electrons. The van der Waals surface area contributed by atoms with Crippen LogP contribution in [0.1, 0.15) is 25.0 Å². The van der Waals surface area contributed by atoms with Gasteiger partial charge in [-0.15, -0.1) is 0 Å². The van der Waals surface area contributed by atoms with Crippen LogP contribution in [0.5, 0.6) is 0 Å². The number of benzene rings is 1. The van der Waals surface area contributed by atoms with Crippen molar-refractivity contribution in [2.45, 2.75) is 26.7 Å². The molecule has 2 aromatic rings. The molecule has 1 aromatic carbocycles. The second kappa shape index (κ2) is 4.16. The standard InChI is InChI=1S/C13H14BNO/c1-3-9-10(4-2)13(16)15-12-7-8(14)5-6-11(9)12/h5-7H,3-4H2,1-2H3,(H,15,16). The average molecular weight is 211 g/mol. The van der Waals surface area contributed by atoms with Crippen LogP contribution in [-0.4, -0.2) is 12.8 Å². The van der Waals surface area contributed by atoms with E-state index in [1.54, 1.807) is 0 Å². The molecule has 2 nitrogen and oxygen atoms in total. The first-order valence-electron chi connectivity index (χ1n) is 5.60. The Morgan fingerprint density at radius 1 is 1.19 bits per heavy atom. The van der Waals surface area contributed by atoms with Crippen LogP contribution in [0.3, 0.4) is 0 Å². The van der Waals surface area contributed by atoms with Gasteiger partial charge in [0.1, 0.15) is 7.85 Å². The van der Waals surface area contributed by atoms with Gasteiger partial charge in [-0.1, -0.05) is 31.4 Å². The number of pyridine rings is 1. The van der Waals surface area contributed by atoms with E-state index >= 15 is 0 Å². The highest BCUT2D eigenvalue weighted by Crippen LogP contribution is 2.18. The predicted molar refractivity (Wildman–Crippen MR) is 68.7 cm³/mol. The van der Waals surface area contributed by atoms with Crippen molar-refractivity contribution in [2.24, 2.45) is 0 Å². The number of fused-ring (bicyclic) bond motifs is 1. The highest BCUT2D eigenvalue weighted by Gasteiger charge is 2.09. The molecule has 0 fully saturated rings. The van der Waals surface area contributed by atoms with Gasteiger partial charge >= 0.3 is 0 Å². The highest BCUT2D eigenvalue weighted by atomic mass is 16.1. The summed E-state index contributed by atoms with van der Waals surface area (Å²) in [6, 6.07) is 5.67. The van der Waals surface area contributed by atoms with E-state index in [4.69, 9.17) is 7.85 Å². The molecule has 0 aliphatic heterocycles. The van der Waals surface area contributed by atoms with E-state index in [1.165, 1.54) is 0 Å². The van der Waals surface area contributed by atoms with Crippen LogP contribution in [0, 0.1) is 0 Å². The maximum absolute atomic E-state index is 11.9. The summed E-state index contributed by atoms with van der Waals surface area (Å²) < 4.78 is 0. The quantitative estimate of drug-likeness (QED) is 0.749. The monoisotopic (exact) mass is 211 g/mol. The van der Waals surface area contributed by atoms with E-state index in [0.29, 0.717) is 5.46 Å². The lowest BCUT2D eigenvalue weighted by molar-refractivity contribution is 1.01. The lowest BCUT2D eigenvalue weighted by atomic mass is 9.92. The number of aryl methyl sites for hydroxylation is 1. The molecular weight excluding hydrogens is 197 g/mol. The molecule has 1 N–H and O–H groups in total. The van der Waals surface area contributed by atoms with E-state index in [2.05, 4.69) is 11.9 Å². The van der Waals surface area contributed by atoms with Gasteiger partial charge in [0.2, 0.25) is 0 Å². The van der Waals surface area contributed by atoms with E-state index < -0.39 is 0 Å². The largest absolute Gasteiger partial charge is 0.322 e. The second-order valence-electron chi connectivity index (χ2n) is 3.92. The Bertz CT molecular complexity index is 586.